The fourth-order valence-electron chi connectivity index (χ4n) is 4.87. The minimum Gasteiger partial charge on any atom is -0.303 e. The number of carbonyl (C=O) groups is 2. The predicted molar refractivity (Wildman–Crippen MR) is 138 cm³/mol. The highest BCUT2D eigenvalue weighted by Crippen LogP contribution is 2.37. The molecule has 0 bridgehead atoms. The molecule has 2 aromatic carbocycles. The van der Waals surface area contributed by atoms with Crippen molar-refractivity contribution in [2.24, 2.45) is 0 Å². The average Bonchev–Trinajstić information content (AvgIpc) is 3.38. The van der Waals surface area contributed by atoms with E-state index in [1.807, 2.05) is 0 Å². The molecule has 1 aromatic heterocycles. The summed E-state index contributed by atoms with van der Waals surface area (Å²) in [5, 5.41) is 4.76. The molecule has 3 heterocycles. The third-order valence-corrected chi connectivity index (χ3v) is 7.97. The first-order valence-electron chi connectivity index (χ1n) is 11.9. The van der Waals surface area contributed by atoms with Gasteiger partial charge >= 0.3 is 6.18 Å². The Morgan fingerprint density at radius 3 is 2.59 bits per heavy atom. The molecule has 2 amide bonds. The van der Waals surface area contributed by atoms with Gasteiger partial charge in [-0.1, -0.05) is 30.7 Å². The molecule has 194 valence electrons. The molecule has 37 heavy (non-hydrogen) atoms. The summed E-state index contributed by atoms with van der Waals surface area (Å²) in [6.07, 6.45) is 0.265. The maximum atomic E-state index is 13.5. The van der Waals surface area contributed by atoms with Crippen molar-refractivity contribution in [1.29, 1.82) is 0 Å². The number of aromatic nitrogens is 2. The van der Waals surface area contributed by atoms with Gasteiger partial charge in [0.2, 0.25) is 0 Å². The highest BCUT2D eigenvalue weighted by molar-refractivity contribution is 8.18. The quantitative estimate of drug-likeness (QED) is 0.351. The lowest BCUT2D eigenvalue weighted by Crippen LogP contribution is -2.46. The van der Waals surface area contributed by atoms with Crippen molar-refractivity contribution in [2.45, 2.75) is 38.5 Å². The molecule has 0 N–H and O–H groups in total. The Balaban J connectivity index is 1.36. The molecule has 0 aliphatic carbocycles. The van der Waals surface area contributed by atoms with Crippen LogP contribution in [0.4, 0.5) is 18.0 Å². The van der Waals surface area contributed by atoms with Gasteiger partial charge in [-0.3, -0.25) is 19.2 Å². The first-order chi connectivity index (χ1) is 17.6. The summed E-state index contributed by atoms with van der Waals surface area (Å²) in [6.45, 7) is 4.70. The lowest BCUT2D eigenvalue weighted by Gasteiger charge is -2.34. The van der Waals surface area contributed by atoms with Crippen LogP contribution in [0.5, 0.6) is 0 Å². The van der Waals surface area contributed by atoms with Crippen LogP contribution < -0.4 is 0 Å². The maximum Gasteiger partial charge on any atom is 0.416 e. The van der Waals surface area contributed by atoms with Gasteiger partial charge in [-0.2, -0.15) is 18.3 Å². The molecule has 2 aliphatic rings. The lowest BCUT2D eigenvalue weighted by molar-refractivity contribution is -0.138. The number of thioether (sulfide) groups is 1. The lowest BCUT2D eigenvalue weighted by atomic mass is 10.0. The number of benzene rings is 2. The van der Waals surface area contributed by atoms with Gasteiger partial charge in [-0.05, 0) is 72.6 Å². The second kappa shape index (κ2) is 10.2. The number of carbonyl (C=O) groups excluding carboxylic acids is 2. The number of nitrogens with zero attached hydrogens (tertiary/aromatic N) is 4. The Morgan fingerprint density at radius 2 is 1.89 bits per heavy atom. The molecule has 2 aliphatic heterocycles. The van der Waals surface area contributed by atoms with Crippen LogP contribution in [0.2, 0.25) is 5.02 Å². The Kier molecular flexibility index (Phi) is 7.08. The van der Waals surface area contributed by atoms with E-state index in [1.165, 1.54) is 21.7 Å². The fraction of sp³-hybridized carbons (Fsp3) is 0.346. The Morgan fingerprint density at radius 1 is 1.14 bits per heavy atom. The maximum absolute atomic E-state index is 13.5. The van der Waals surface area contributed by atoms with Gasteiger partial charge in [0.1, 0.15) is 0 Å². The van der Waals surface area contributed by atoms with E-state index in [0.29, 0.717) is 21.4 Å². The van der Waals surface area contributed by atoms with Crippen molar-refractivity contribution >= 4 is 51.5 Å². The van der Waals surface area contributed by atoms with E-state index in [0.717, 1.165) is 50.3 Å². The van der Waals surface area contributed by atoms with Crippen molar-refractivity contribution in [2.75, 3.05) is 19.6 Å². The number of amides is 2. The minimum atomic E-state index is -4.54. The molecule has 0 spiro atoms. The molecule has 11 heteroatoms. The highest BCUT2D eigenvalue weighted by atomic mass is 35.5. The summed E-state index contributed by atoms with van der Waals surface area (Å²) in [5.74, 6) is -0.275. The third kappa shape index (κ3) is 5.28. The van der Waals surface area contributed by atoms with Crippen LogP contribution in [0.15, 0.2) is 47.5 Å². The first kappa shape index (κ1) is 25.8. The van der Waals surface area contributed by atoms with Crippen LogP contribution in [0.3, 0.4) is 0 Å². The van der Waals surface area contributed by atoms with Gasteiger partial charge in [0.15, 0.2) is 0 Å². The summed E-state index contributed by atoms with van der Waals surface area (Å²) in [5.41, 5.74) is 0.623. The molecule has 3 aromatic rings. The standard InChI is InChI=1S/C26H24ClF3N4O2S/c1-2-32-9-7-20(8-10-32)34-24(35)23(37-25(34)36)12-16-3-6-22-18(11-16)14-31-33(22)15-17-4-5-19(27)13-21(17)26(28,29)30/h3-6,11-14,20H,2,7-10,15H2,1H3. The van der Waals surface area contributed by atoms with Crippen molar-refractivity contribution in [3.63, 3.8) is 0 Å². The van der Waals surface area contributed by atoms with Crippen molar-refractivity contribution < 1.29 is 22.8 Å². The van der Waals surface area contributed by atoms with Gasteiger partial charge < -0.3 is 4.90 Å². The van der Waals surface area contributed by atoms with Gasteiger partial charge in [-0.25, -0.2) is 0 Å². The zero-order chi connectivity index (χ0) is 26.3. The fourth-order valence-corrected chi connectivity index (χ4v) is 5.94. The minimum absolute atomic E-state index is 0.0156. The molecule has 0 atom stereocenters. The van der Waals surface area contributed by atoms with E-state index in [9.17, 15) is 22.8 Å². The monoisotopic (exact) mass is 548 g/mol. The molecule has 0 unspecified atom stereocenters. The Labute approximate surface area is 221 Å². The van der Waals surface area contributed by atoms with Gasteiger partial charge in [0, 0.05) is 29.5 Å². The van der Waals surface area contributed by atoms with E-state index in [1.54, 1.807) is 30.5 Å². The smallest absolute Gasteiger partial charge is 0.303 e. The van der Waals surface area contributed by atoms with E-state index < -0.39 is 11.7 Å². The summed E-state index contributed by atoms with van der Waals surface area (Å²) < 4.78 is 42.0. The summed E-state index contributed by atoms with van der Waals surface area (Å²) in [7, 11) is 0. The van der Waals surface area contributed by atoms with Gasteiger partial charge in [0.25, 0.3) is 11.1 Å². The first-order valence-corrected chi connectivity index (χ1v) is 13.1. The number of imide groups is 1. The summed E-state index contributed by atoms with van der Waals surface area (Å²) >= 11 is 6.73. The molecule has 2 fully saturated rings. The second-order valence-corrected chi connectivity index (χ2v) is 10.6. The van der Waals surface area contributed by atoms with Crippen molar-refractivity contribution in [1.82, 2.24) is 19.6 Å². The Hall–Kier alpha value is -2.82. The van der Waals surface area contributed by atoms with Crippen LogP contribution in [-0.2, 0) is 17.5 Å². The van der Waals surface area contributed by atoms with E-state index in [-0.39, 0.29) is 34.3 Å². The number of hydrogen-bond acceptors (Lipinski definition) is 5. The molecule has 0 saturated carbocycles. The molecular formula is C26H24ClF3N4O2S. The number of fused-ring (bicyclic) bond motifs is 1. The summed E-state index contributed by atoms with van der Waals surface area (Å²) in [6, 6.07) is 8.94. The zero-order valence-electron chi connectivity index (χ0n) is 20.0. The second-order valence-electron chi connectivity index (χ2n) is 9.14. The topological polar surface area (TPSA) is 58.4 Å². The average molecular weight is 549 g/mol. The third-order valence-electron chi connectivity index (χ3n) is 6.85. The van der Waals surface area contributed by atoms with Gasteiger partial charge in [-0.15, -0.1) is 0 Å². The normalized spacial score (nSPS) is 19.1. The van der Waals surface area contributed by atoms with Crippen LogP contribution in [0, 0.1) is 0 Å². The number of alkyl halides is 3. The molecule has 2 saturated heterocycles. The number of likely N-dealkylation sites (tertiary alicyclic amines) is 1. The van der Waals surface area contributed by atoms with E-state index >= 15 is 0 Å². The van der Waals surface area contributed by atoms with Crippen LogP contribution in [0.1, 0.15) is 36.5 Å². The van der Waals surface area contributed by atoms with Crippen molar-refractivity contribution in [3.05, 3.63) is 69.2 Å². The summed E-state index contributed by atoms with van der Waals surface area (Å²) in [4.78, 5) is 29.8. The number of piperidine rings is 1. The number of halogens is 4. The molecule has 0 radical (unpaired) electrons. The van der Waals surface area contributed by atoms with Crippen LogP contribution >= 0.6 is 23.4 Å². The van der Waals surface area contributed by atoms with E-state index in [2.05, 4.69) is 16.9 Å². The van der Waals surface area contributed by atoms with Crippen LogP contribution in [-0.4, -0.2) is 56.4 Å². The number of rotatable bonds is 5. The van der Waals surface area contributed by atoms with Crippen LogP contribution in [0.25, 0.3) is 17.0 Å². The zero-order valence-corrected chi connectivity index (χ0v) is 21.5. The number of hydrogen-bond donors (Lipinski definition) is 0. The van der Waals surface area contributed by atoms with Crippen molar-refractivity contribution in [3.8, 4) is 0 Å². The molecular weight excluding hydrogens is 525 g/mol. The van der Waals surface area contributed by atoms with Gasteiger partial charge in [0.05, 0.1) is 28.7 Å². The Bertz CT molecular complexity index is 1400. The van der Waals surface area contributed by atoms with E-state index in [4.69, 9.17) is 11.6 Å². The molecule has 5 rings (SSSR count). The largest absolute Gasteiger partial charge is 0.416 e. The predicted octanol–water partition coefficient (Wildman–Crippen LogP) is 6.28. The molecule has 6 nitrogen and oxygen atoms in total. The SMILES string of the molecule is CCN1CCC(N2C(=O)SC(=Cc3ccc4c(cnn4Cc4ccc(Cl)cc4C(F)(F)F)c3)C2=O)CC1. The highest BCUT2D eigenvalue weighted by Gasteiger charge is 2.40.